The van der Waals surface area contributed by atoms with Crippen LogP contribution < -0.4 is 10.2 Å². The maximum Gasteiger partial charge on any atom is 0.358 e. The Morgan fingerprint density at radius 3 is 2.61 bits per heavy atom. The van der Waals surface area contributed by atoms with Crippen molar-refractivity contribution in [2.24, 2.45) is 7.05 Å². The number of benzene rings is 1. The quantitative estimate of drug-likeness (QED) is 0.478. The number of aromatic carboxylic acids is 1. The van der Waals surface area contributed by atoms with Gasteiger partial charge in [-0.1, -0.05) is 0 Å². The van der Waals surface area contributed by atoms with E-state index >= 15 is 0 Å². The van der Waals surface area contributed by atoms with Crippen LogP contribution in [0.15, 0.2) is 43.0 Å². The number of aromatic nitrogens is 5. The summed E-state index contributed by atoms with van der Waals surface area (Å²) in [7, 11) is 1.87. The number of anilines is 3. The van der Waals surface area contributed by atoms with Gasteiger partial charge in [-0.05, 0) is 31.2 Å². The lowest BCUT2D eigenvalue weighted by atomic mass is 10.1. The van der Waals surface area contributed by atoms with Crippen molar-refractivity contribution in [2.45, 2.75) is 6.92 Å². The van der Waals surface area contributed by atoms with Crippen molar-refractivity contribution < 1.29 is 14.6 Å². The molecule has 0 radical (unpaired) electrons. The molecule has 0 atom stereocenters. The number of carbonyl (C=O) groups is 1. The number of aryl methyl sites for hydroxylation is 2. The van der Waals surface area contributed by atoms with Crippen molar-refractivity contribution in [1.29, 1.82) is 0 Å². The Hall–Kier alpha value is -4.05. The van der Waals surface area contributed by atoms with Gasteiger partial charge in [-0.2, -0.15) is 0 Å². The summed E-state index contributed by atoms with van der Waals surface area (Å²) in [6.07, 6.45) is 5.03. The Labute approximate surface area is 189 Å². The highest BCUT2D eigenvalue weighted by atomic mass is 16.5. The van der Waals surface area contributed by atoms with Gasteiger partial charge >= 0.3 is 5.97 Å². The minimum Gasteiger partial charge on any atom is -0.476 e. The Kier molecular flexibility index (Phi) is 5.35. The number of carboxylic acid groups (broad SMARTS) is 1. The number of nitrogens with zero attached hydrogens (tertiary/aromatic N) is 6. The number of pyridine rings is 1. The highest BCUT2D eigenvalue weighted by Gasteiger charge is 2.21. The first-order chi connectivity index (χ1) is 16.0. The predicted octanol–water partition coefficient (Wildman–Crippen LogP) is 3.01. The van der Waals surface area contributed by atoms with E-state index in [0.717, 1.165) is 30.0 Å². The zero-order valence-corrected chi connectivity index (χ0v) is 18.3. The molecule has 0 saturated carbocycles. The number of fused-ring (bicyclic) bond motifs is 1. The molecule has 1 fully saturated rings. The van der Waals surface area contributed by atoms with Crippen molar-refractivity contribution in [3.05, 3.63) is 54.4 Å². The smallest absolute Gasteiger partial charge is 0.358 e. The maximum absolute atomic E-state index is 12.0. The molecule has 4 heterocycles. The molecule has 4 aromatic rings. The standard InChI is InChI=1S/C23H23N7O3/c1-14-19(17-11-24-12-18-20(17)25-13-29(18)2)28-21(23(31)32)22(26-14)27-15-3-5-16(6-4-15)30-7-9-33-10-8-30/h3-6,11-13H,7-10H2,1-2H3,(H,26,27)(H,31,32). The summed E-state index contributed by atoms with van der Waals surface area (Å²) in [4.78, 5) is 32.0. The normalized spacial score (nSPS) is 13.9. The fourth-order valence-electron chi connectivity index (χ4n) is 3.94. The Morgan fingerprint density at radius 1 is 1.12 bits per heavy atom. The highest BCUT2D eigenvalue weighted by molar-refractivity contribution is 5.95. The van der Waals surface area contributed by atoms with Gasteiger partial charge in [-0.25, -0.2) is 19.7 Å². The van der Waals surface area contributed by atoms with E-state index in [4.69, 9.17) is 4.74 Å². The Balaban J connectivity index is 1.48. The average molecular weight is 445 g/mol. The highest BCUT2D eigenvalue weighted by Crippen LogP contribution is 2.30. The number of hydrogen-bond donors (Lipinski definition) is 2. The van der Waals surface area contributed by atoms with Crippen molar-refractivity contribution >= 4 is 34.2 Å². The zero-order valence-electron chi connectivity index (χ0n) is 18.3. The number of morpholine rings is 1. The lowest BCUT2D eigenvalue weighted by molar-refractivity contribution is 0.0691. The second-order valence-electron chi connectivity index (χ2n) is 7.84. The molecule has 5 rings (SSSR count). The van der Waals surface area contributed by atoms with E-state index in [2.05, 4.69) is 30.2 Å². The van der Waals surface area contributed by atoms with Crippen LogP contribution in [0.4, 0.5) is 17.2 Å². The SMILES string of the molecule is Cc1nc(Nc2ccc(N3CCOCC3)cc2)c(C(=O)O)nc1-c1cncc2c1ncn2C. The summed E-state index contributed by atoms with van der Waals surface area (Å²) >= 11 is 0. The number of hydrogen-bond acceptors (Lipinski definition) is 8. The van der Waals surface area contributed by atoms with E-state index < -0.39 is 5.97 Å². The van der Waals surface area contributed by atoms with Gasteiger partial charge in [0.25, 0.3) is 0 Å². The zero-order chi connectivity index (χ0) is 22.9. The topological polar surface area (TPSA) is 118 Å². The molecule has 10 nitrogen and oxygen atoms in total. The summed E-state index contributed by atoms with van der Waals surface area (Å²) in [5.41, 5.74) is 4.83. The second kappa shape index (κ2) is 8.47. The molecule has 168 valence electrons. The lowest BCUT2D eigenvalue weighted by Gasteiger charge is -2.28. The van der Waals surface area contributed by atoms with Crippen LogP contribution in [0.3, 0.4) is 0 Å². The van der Waals surface area contributed by atoms with Gasteiger partial charge in [-0.3, -0.25) is 4.98 Å². The van der Waals surface area contributed by atoms with Crippen LogP contribution in [0, 0.1) is 6.92 Å². The molecule has 10 heteroatoms. The van der Waals surface area contributed by atoms with Gasteiger partial charge in [0.05, 0.1) is 42.6 Å². The van der Waals surface area contributed by atoms with Crippen LogP contribution in [0.5, 0.6) is 0 Å². The number of carboxylic acids is 1. The molecule has 1 aliphatic rings. The van der Waals surface area contributed by atoms with E-state index in [0.29, 0.717) is 35.7 Å². The van der Waals surface area contributed by atoms with E-state index in [9.17, 15) is 9.90 Å². The van der Waals surface area contributed by atoms with Crippen molar-refractivity contribution in [2.75, 3.05) is 36.5 Å². The van der Waals surface area contributed by atoms with Crippen LogP contribution in [0.1, 0.15) is 16.2 Å². The number of ether oxygens (including phenoxy) is 1. The second-order valence-corrected chi connectivity index (χ2v) is 7.84. The Bertz CT molecular complexity index is 1330. The first-order valence-corrected chi connectivity index (χ1v) is 10.6. The van der Waals surface area contributed by atoms with Crippen LogP contribution in [0.25, 0.3) is 22.3 Å². The molecule has 1 aromatic carbocycles. The summed E-state index contributed by atoms with van der Waals surface area (Å²) in [6, 6.07) is 7.80. The molecule has 1 aliphatic heterocycles. The van der Waals surface area contributed by atoms with Crippen LogP contribution >= 0.6 is 0 Å². The molecule has 1 saturated heterocycles. The molecule has 3 aromatic heterocycles. The molecular formula is C23H23N7O3. The molecule has 0 bridgehead atoms. The summed E-state index contributed by atoms with van der Waals surface area (Å²) in [5, 5.41) is 13.0. The summed E-state index contributed by atoms with van der Waals surface area (Å²) in [6.45, 7) is 4.91. The van der Waals surface area contributed by atoms with Gasteiger partial charge in [0.2, 0.25) is 0 Å². The first kappa shape index (κ1) is 20.8. The van der Waals surface area contributed by atoms with E-state index in [1.165, 1.54) is 0 Å². The fourth-order valence-corrected chi connectivity index (χ4v) is 3.94. The lowest BCUT2D eigenvalue weighted by Crippen LogP contribution is -2.36. The van der Waals surface area contributed by atoms with Crippen LogP contribution in [0.2, 0.25) is 0 Å². The minimum atomic E-state index is -1.17. The molecule has 0 aliphatic carbocycles. The maximum atomic E-state index is 12.0. The van der Waals surface area contributed by atoms with Crippen molar-refractivity contribution in [3.8, 4) is 11.3 Å². The van der Waals surface area contributed by atoms with Gasteiger partial charge < -0.3 is 24.6 Å². The van der Waals surface area contributed by atoms with Gasteiger partial charge in [-0.15, -0.1) is 0 Å². The summed E-state index contributed by atoms with van der Waals surface area (Å²) < 4.78 is 7.25. The third-order valence-corrected chi connectivity index (χ3v) is 5.67. The fraction of sp³-hybridized carbons (Fsp3) is 0.261. The van der Waals surface area contributed by atoms with E-state index in [-0.39, 0.29) is 11.5 Å². The molecular weight excluding hydrogens is 422 g/mol. The molecule has 33 heavy (non-hydrogen) atoms. The van der Waals surface area contributed by atoms with E-state index in [1.807, 2.05) is 35.9 Å². The van der Waals surface area contributed by atoms with Crippen molar-refractivity contribution in [1.82, 2.24) is 24.5 Å². The third kappa shape index (κ3) is 3.96. The van der Waals surface area contributed by atoms with Crippen molar-refractivity contribution in [3.63, 3.8) is 0 Å². The molecule has 0 unspecified atom stereocenters. The number of rotatable bonds is 5. The van der Waals surface area contributed by atoms with Crippen LogP contribution in [-0.2, 0) is 11.8 Å². The monoisotopic (exact) mass is 445 g/mol. The van der Waals surface area contributed by atoms with Gasteiger partial charge in [0, 0.05) is 43.3 Å². The molecule has 0 spiro atoms. The third-order valence-electron chi connectivity index (χ3n) is 5.67. The molecule has 2 N–H and O–H groups in total. The number of imidazole rings is 1. The van der Waals surface area contributed by atoms with Gasteiger partial charge in [0.15, 0.2) is 11.5 Å². The minimum absolute atomic E-state index is 0.166. The van der Waals surface area contributed by atoms with E-state index in [1.54, 1.807) is 25.6 Å². The molecule has 0 amide bonds. The number of nitrogens with one attached hydrogen (secondary N) is 1. The average Bonchev–Trinajstić information content (AvgIpc) is 3.21. The largest absolute Gasteiger partial charge is 0.476 e. The Morgan fingerprint density at radius 2 is 1.88 bits per heavy atom. The van der Waals surface area contributed by atoms with Gasteiger partial charge in [0.1, 0.15) is 5.52 Å². The van der Waals surface area contributed by atoms with Crippen LogP contribution in [-0.4, -0.2) is 61.9 Å². The predicted molar refractivity (Wildman–Crippen MR) is 124 cm³/mol. The first-order valence-electron chi connectivity index (χ1n) is 10.6. The summed E-state index contributed by atoms with van der Waals surface area (Å²) in [5.74, 6) is -0.985.